The SMILES string of the molecule is O=C(CN(C(=O)c1ccc(Cl)cc1Cl)N1C(=O)[C@H]2CCCC[C@H]2C1=O)c1ccc(OC(=O)c2ccccc2)cc1. The molecule has 0 N–H and O–H groups in total. The second-order valence-electron chi connectivity index (χ2n) is 9.68. The van der Waals surface area contributed by atoms with Gasteiger partial charge >= 0.3 is 5.97 Å². The number of ether oxygens (including phenoxy) is 1. The first-order valence-electron chi connectivity index (χ1n) is 12.8. The fraction of sp³-hybridized carbons (Fsp3) is 0.233. The molecule has 0 radical (unpaired) electrons. The van der Waals surface area contributed by atoms with Gasteiger partial charge in [0.05, 0.1) is 28.0 Å². The number of halogens is 2. The molecule has 3 aromatic carbocycles. The number of hydrogen-bond donors (Lipinski definition) is 0. The summed E-state index contributed by atoms with van der Waals surface area (Å²) in [5, 5.41) is 2.03. The van der Waals surface area contributed by atoms with Crippen LogP contribution in [0.3, 0.4) is 0 Å². The van der Waals surface area contributed by atoms with Crippen molar-refractivity contribution < 1.29 is 28.7 Å². The van der Waals surface area contributed by atoms with Crippen LogP contribution in [0.25, 0.3) is 0 Å². The smallest absolute Gasteiger partial charge is 0.343 e. The lowest BCUT2D eigenvalue weighted by Gasteiger charge is -2.30. The molecule has 0 unspecified atom stereocenters. The van der Waals surface area contributed by atoms with Crippen molar-refractivity contribution >= 4 is 52.7 Å². The van der Waals surface area contributed by atoms with Crippen molar-refractivity contribution in [2.75, 3.05) is 6.54 Å². The van der Waals surface area contributed by atoms with Gasteiger partial charge in [-0.15, -0.1) is 0 Å². The summed E-state index contributed by atoms with van der Waals surface area (Å²) in [6, 6.07) is 18.5. The van der Waals surface area contributed by atoms with Crippen molar-refractivity contribution in [2.45, 2.75) is 25.7 Å². The third kappa shape index (κ3) is 5.50. The van der Waals surface area contributed by atoms with Crippen LogP contribution < -0.4 is 4.74 Å². The fourth-order valence-electron chi connectivity index (χ4n) is 5.09. The average molecular weight is 579 g/mol. The molecule has 0 bridgehead atoms. The van der Waals surface area contributed by atoms with Gasteiger partial charge in [-0.2, -0.15) is 5.01 Å². The van der Waals surface area contributed by atoms with Crippen molar-refractivity contribution in [2.24, 2.45) is 11.8 Å². The number of ketones is 1. The zero-order valence-corrected chi connectivity index (χ0v) is 22.7. The first-order valence-corrected chi connectivity index (χ1v) is 13.6. The van der Waals surface area contributed by atoms with E-state index in [0.29, 0.717) is 23.4 Å². The van der Waals surface area contributed by atoms with E-state index < -0.39 is 47.9 Å². The van der Waals surface area contributed by atoms with E-state index in [1.165, 1.54) is 42.5 Å². The first-order chi connectivity index (χ1) is 19.2. The Bertz CT molecular complexity index is 1470. The number of hydrogen-bond acceptors (Lipinski definition) is 6. The third-order valence-electron chi connectivity index (χ3n) is 7.14. The Labute approximate surface area is 240 Å². The van der Waals surface area contributed by atoms with Crippen LogP contribution in [0.2, 0.25) is 10.0 Å². The van der Waals surface area contributed by atoms with E-state index in [1.54, 1.807) is 30.3 Å². The lowest BCUT2D eigenvalue weighted by atomic mass is 9.81. The first kappa shape index (κ1) is 27.6. The molecule has 1 saturated carbocycles. The highest BCUT2D eigenvalue weighted by atomic mass is 35.5. The molecule has 0 spiro atoms. The zero-order chi connectivity index (χ0) is 28.4. The quantitative estimate of drug-likeness (QED) is 0.156. The Morgan fingerprint density at radius 3 is 2.05 bits per heavy atom. The van der Waals surface area contributed by atoms with E-state index in [9.17, 15) is 24.0 Å². The Balaban J connectivity index is 1.39. The number of benzene rings is 3. The van der Waals surface area contributed by atoms with Crippen LogP contribution in [-0.2, 0) is 9.59 Å². The maximum Gasteiger partial charge on any atom is 0.343 e. The molecule has 10 heteroatoms. The maximum absolute atomic E-state index is 13.7. The minimum Gasteiger partial charge on any atom is -0.423 e. The van der Waals surface area contributed by atoms with Gasteiger partial charge in [-0.05, 0) is 67.4 Å². The molecule has 2 aliphatic rings. The Morgan fingerprint density at radius 1 is 0.825 bits per heavy atom. The van der Waals surface area contributed by atoms with E-state index in [4.69, 9.17) is 27.9 Å². The summed E-state index contributed by atoms with van der Waals surface area (Å²) in [6.07, 6.45) is 2.72. The van der Waals surface area contributed by atoms with Gasteiger partial charge in [0, 0.05) is 10.6 Å². The predicted octanol–water partition coefficient (Wildman–Crippen LogP) is 5.63. The molecule has 8 nitrogen and oxygen atoms in total. The molecule has 5 rings (SSSR count). The number of imide groups is 1. The van der Waals surface area contributed by atoms with Crippen LogP contribution in [-0.4, -0.2) is 46.0 Å². The summed E-state index contributed by atoms with van der Waals surface area (Å²) in [6.45, 7) is -0.585. The van der Waals surface area contributed by atoms with Gasteiger partial charge in [0.1, 0.15) is 12.3 Å². The Morgan fingerprint density at radius 2 is 1.45 bits per heavy atom. The van der Waals surface area contributed by atoms with Crippen molar-refractivity contribution in [3.05, 3.63) is 99.5 Å². The molecular formula is C30H24Cl2N2O6. The number of hydrazine groups is 1. The number of carbonyl (C=O) groups excluding carboxylic acids is 5. The highest BCUT2D eigenvalue weighted by Gasteiger charge is 2.52. The summed E-state index contributed by atoms with van der Waals surface area (Å²) in [5.74, 6) is -3.67. The summed E-state index contributed by atoms with van der Waals surface area (Å²) in [7, 11) is 0. The normalized spacial score (nSPS) is 18.3. The summed E-state index contributed by atoms with van der Waals surface area (Å²) in [4.78, 5) is 66.1. The van der Waals surface area contributed by atoms with Gasteiger partial charge in [0.15, 0.2) is 5.78 Å². The Kier molecular flexibility index (Phi) is 8.00. The molecule has 1 aliphatic carbocycles. The molecule has 3 amide bonds. The Hall–Kier alpha value is -4.01. The van der Waals surface area contributed by atoms with Crippen LogP contribution >= 0.6 is 23.2 Å². The molecule has 2 fully saturated rings. The molecule has 1 heterocycles. The van der Waals surface area contributed by atoms with E-state index in [1.807, 2.05) is 0 Å². The fourth-order valence-corrected chi connectivity index (χ4v) is 5.58. The molecule has 1 aliphatic heterocycles. The number of amides is 3. The lowest BCUT2D eigenvalue weighted by Crippen LogP contribution is -2.52. The third-order valence-corrected chi connectivity index (χ3v) is 7.69. The molecule has 3 aromatic rings. The lowest BCUT2D eigenvalue weighted by molar-refractivity contribution is -0.154. The number of fused-ring (bicyclic) bond motifs is 1. The molecule has 2 atom stereocenters. The van der Waals surface area contributed by atoms with Crippen LogP contribution in [0.1, 0.15) is 56.8 Å². The number of nitrogens with zero attached hydrogens (tertiary/aromatic N) is 2. The second kappa shape index (κ2) is 11.6. The number of Topliss-reactive ketones (excluding diaryl/α,β-unsaturated/α-hetero) is 1. The van der Waals surface area contributed by atoms with Crippen LogP contribution in [0.15, 0.2) is 72.8 Å². The largest absolute Gasteiger partial charge is 0.423 e. The minimum atomic E-state index is -0.774. The summed E-state index contributed by atoms with van der Waals surface area (Å²) < 4.78 is 5.36. The van der Waals surface area contributed by atoms with Crippen LogP contribution in [0, 0.1) is 11.8 Å². The summed E-state index contributed by atoms with van der Waals surface area (Å²) >= 11 is 12.3. The molecular weight excluding hydrogens is 555 g/mol. The van der Waals surface area contributed by atoms with Crippen LogP contribution in [0.4, 0.5) is 0 Å². The van der Waals surface area contributed by atoms with Gasteiger partial charge in [-0.1, -0.05) is 54.2 Å². The molecule has 40 heavy (non-hydrogen) atoms. The van der Waals surface area contributed by atoms with E-state index >= 15 is 0 Å². The molecule has 1 saturated heterocycles. The van der Waals surface area contributed by atoms with Crippen molar-refractivity contribution in [3.63, 3.8) is 0 Å². The van der Waals surface area contributed by atoms with Gasteiger partial charge in [0.2, 0.25) is 0 Å². The standard InChI is InChI=1S/C30H24Cl2N2O6/c31-20-12-15-24(25(32)16-20)27(36)33(34-28(37)22-8-4-5-9-23(22)29(34)38)17-26(35)18-10-13-21(14-11-18)40-30(39)19-6-2-1-3-7-19/h1-3,6-7,10-16,22-23H,4-5,8-9,17H2/t22-,23+. The monoisotopic (exact) mass is 578 g/mol. The van der Waals surface area contributed by atoms with Crippen molar-refractivity contribution in [1.29, 1.82) is 0 Å². The zero-order valence-electron chi connectivity index (χ0n) is 21.2. The van der Waals surface area contributed by atoms with Crippen molar-refractivity contribution in [3.8, 4) is 5.75 Å². The number of rotatable bonds is 7. The minimum absolute atomic E-state index is 0.00230. The molecule has 204 valence electrons. The van der Waals surface area contributed by atoms with Gasteiger partial charge in [-0.3, -0.25) is 19.2 Å². The van der Waals surface area contributed by atoms with E-state index in [0.717, 1.165) is 22.9 Å². The molecule has 0 aromatic heterocycles. The number of carbonyl (C=O) groups is 5. The maximum atomic E-state index is 13.7. The topological polar surface area (TPSA) is 101 Å². The van der Waals surface area contributed by atoms with Crippen LogP contribution in [0.5, 0.6) is 5.75 Å². The highest BCUT2D eigenvalue weighted by molar-refractivity contribution is 6.36. The number of esters is 1. The van der Waals surface area contributed by atoms with Crippen molar-refractivity contribution in [1.82, 2.24) is 10.0 Å². The second-order valence-corrected chi connectivity index (χ2v) is 10.5. The van der Waals surface area contributed by atoms with Gasteiger partial charge < -0.3 is 4.74 Å². The average Bonchev–Trinajstić information content (AvgIpc) is 3.21. The summed E-state index contributed by atoms with van der Waals surface area (Å²) in [5.41, 5.74) is 0.562. The van der Waals surface area contributed by atoms with Gasteiger partial charge in [0.25, 0.3) is 17.7 Å². The predicted molar refractivity (Wildman–Crippen MR) is 147 cm³/mol. The van der Waals surface area contributed by atoms with Gasteiger partial charge in [-0.25, -0.2) is 9.80 Å². The van der Waals surface area contributed by atoms with E-state index in [2.05, 4.69) is 0 Å². The highest BCUT2D eigenvalue weighted by Crippen LogP contribution is 2.39. The van der Waals surface area contributed by atoms with E-state index in [-0.39, 0.29) is 21.9 Å².